The van der Waals surface area contributed by atoms with Gasteiger partial charge in [-0.2, -0.15) is 0 Å². The van der Waals surface area contributed by atoms with Crippen LogP contribution in [0.3, 0.4) is 0 Å². The summed E-state index contributed by atoms with van der Waals surface area (Å²) in [6.07, 6.45) is 0.774. The van der Waals surface area contributed by atoms with Crippen molar-refractivity contribution in [1.82, 2.24) is 0 Å². The quantitative estimate of drug-likeness (QED) is 0.532. The van der Waals surface area contributed by atoms with Gasteiger partial charge in [0.1, 0.15) is 0 Å². The maximum Gasteiger partial charge on any atom is 0.196 e. The van der Waals surface area contributed by atoms with Crippen molar-refractivity contribution in [3.63, 3.8) is 0 Å². The summed E-state index contributed by atoms with van der Waals surface area (Å²) in [6.45, 7) is 4.86. The van der Waals surface area contributed by atoms with Crippen molar-refractivity contribution in [2.45, 2.75) is 33.0 Å². The Kier molecular flexibility index (Phi) is 7.79. The molecule has 1 N–H and O–H groups in total. The Morgan fingerprint density at radius 1 is 1.05 bits per heavy atom. The van der Waals surface area contributed by atoms with Gasteiger partial charge >= 0.3 is 0 Å². The SMILES string of the molecule is CCOC(OCC)C(=N)CCc1ccc(OC)c(OC)c1. The van der Waals surface area contributed by atoms with E-state index in [0.717, 1.165) is 12.0 Å². The largest absolute Gasteiger partial charge is 0.493 e. The van der Waals surface area contributed by atoms with Crippen LogP contribution in [0.1, 0.15) is 25.8 Å². The van der Waals surface area contributed by atoms with E-state index in [-0.39, 0.29) is 0 Å². The molecular formula is C16H25NO4. The molecule has 0 heterocycles. The molecule has 0 spiro atoms. The molecule has 5 nitrogen and oxygen atoms in total. The molecule has 1 aromatic carbocycles. The van der Waals surface area contributed by atoms with Crippen molar-refractivity contribution in [3.05, 3.63) is 23.8 Å². The van der Waals surface area contributed by atoms with Gasteiger partial charge in [-0.15, -0.1) is 0 Å². The molecule has 5 heteroatoms. The second-order valence-electron chi connectivity index (χ2n) is 4.46. The monoisotopic (exact) mass is 295 g/mol. The van der Waals surface area contributed by atoms with Crippen LogP contribution in [0.5, 0.6) is 11.5 Å². The lowest BCUT2D eigenvalue weighted by atomic mass is 10.1. The maximum absolute atomic E-state index is 8.07. The van der Waals surface area contributed by atoms with Crippen LogP contribution in [0.15, 0.2) is 18.2 Å². The van der Waals surface area contributed by atoms with Crippen LogP contribution in [0.2, 0.25) is 0 Å². The van der Waals surface area contributed by atoms with Gasteiger partial charge in [0.15, 0.2) is 17.8 Å². The molecule has 118 valence electrons. The Labute approximate surface area is 126 Å². The normalized spacial score (nSPS) is 10.7. The zero-order valence-corrected chi connectivity index (χ0v) is 13.3. The van der Waals surface area contributed by atoms with Gasteiger partial charge in [0.2, 0.25) is 0 Å². The summed E-state index contributed by atoms with van der Waals surface area (Å²) in [4.78, 5) is 0. The Morgan fingerprint density at radius 3 is 2.19 bits per heavy atom. The minimum atomic E-state index is -0.542. The van der Waals surface area contributed by atoms with Crippen molar-refractivity contribution in [2.24, 2.45) is 0 Å². The maximum atomic E-state index is 8.07. The molecule has 0 aliphatic carbocycles. The molecule has 1 rings (SSSR count). The zero-order valence-electron chi connectivity index (χ0n) is 13.3. The summed E-state index contributed by atoms with van der Waals surface area (Å²) in [6, 6.07) is 5.79. The third-order valence-electron chi connectivity index (χ3n) is 3.05. The van der Waals surface area contributed by atoms with E-state index >= 15 is 0 Å². The van der Waals surface area contributed by atoms with Crippen LogP contribution in [-0.4, -0.2) is 39.4 Å². The van der Waals surface area contributed by atoms with Crippen molar-refractivity contribution in [2.75, 3.05) is 27.4 Å². The second-order valence-corrected chi connectivity index (χ2v) is 4.46. The number of hydrogen-bond donors (Lipinski definition) is 1. The Balaban J connectivity index is 2.63. The van der Waals surface area contributed by atoms with E-state index in [2.05, 4.69) is 0 Å². The van der Waals surface area contributed by atoms with E-state index in [0.29, 0.717) is 36.8 Å². The van der Waals surface area contributed by atoms with Crippen LogP contribution in [0, 0.1) is 5.41 Å². The summed E-state index contributed by atoms with van der Waals surface area (Å²) >= 11 is 0. The third-order valence-corrected chi connectivity index (χ3v) is 3.05. The Morgan fingerprint density at radius 2 is 1.67 bits per heavy atom. The van der Waals surface area contributed by atoms with Crippen LogP contribution in [0.4, 0.5) is 0 Å². The number of benzene rings is 1. The fourth-order valence-corrected chi connectivity index (χ4v) is 1.99. The minimum Gasteiger partial charge on any atom is -0.493 e. The number of aryl methyl sites for hydroxylation is 1. The molecule has 0 amide bonds. The third kappa shape index (κ3) is 5.36. The molecule has 21 heavy (non-hydrogen) atoms. The molecular weight excluding hydrogens is 270 g/mol. The smallest absolute Gasteiger partial charge is 0.196 e. The number of nitrogens with one attached hydrogen (secondary N) is 1. The first-order valence-corrected chi connectivity index (χ1v) is 7.17. The van der Waals surface area contributed by atoms with Gasteiger partial charge < -0.3 is 24.4 Å². The molecule has 0 aliphatic heterocycles. The summed E-state index contributed by atoms with van der Waals surface area (Å²) in [5, 5.41) is 8.07. The van der Waals surface area contributed by atoms with Crippen LogP contribution < -0.4 is 9.47 Å². The highest BCUT2D eigenvalue weighted by molar-refractivity contribution is 5.84. The lowest BCUT2D eigenvalue weighted by molar-refractivity contribution is -0.0914. The first-order chi connectivity index (χ1) is 10.2. The molecule has 0 aliphatic rings. The number of rotatable bonds is 10. The van der Waals surface area contributed by atoms with E-state index in [1.165, 1.54) is 0 Å². The number of hydrogen-bond acceptors (Lipinski definition) is 5. The van der Waals surface area contributed by atoms with Crippen LogP contribution in [0.25, 0.3) is 0 Å². The van der Waals surface area contributed by atoms with E-state index in [9.17, 15) is 0 Å². The molecule has 0 saturated carbocycles. The Bertz CT molecular complexity index is 442. The van der Waals surface area contributed by atoms with Gasteiger partial charge in [0.05, 0.1) is 19.9 Å². The molecule has 0 fully saturated rings. The van der Waals surface area contributed by atoms with Crippen molar-refractivity contribution < 1.29 is 18.9 Å². The van der Waals surface area contributed by atoms with E-state index in [1.807, 2.05) is 32.0 Å². The van der Waals surface area contributed by atoms with Gasteiger partial charge in [-0.05, 0) is 44.4 Å². The second kappa shape index (κ2) is 9.37. The van der Waals surface area contributed by atoms with Crippen molar-refractivity contribution >= 4 is 5.71 Å². The highest BCUT2D eigenvalue weighted by atomic mass is 16.7. The molecule has 0 aromatic heterocycles. The summed E-state index contributed by atoms with van der Waals surface area (Å²) in [5.74, 6) is 1.41. The topological polar surface area (TPSA) is 60.8 Å². The van der Waals surface area contributed by atoms with Gasteiger partial charge in [-0.25, -0.2) is 0 Å². The first kappa shape index (κ1) is 17.5. The lowest BCUT2D eigenvalue weighted by Crippen LogP contribution is -2.27. The average Bonchev–Trinajstić information content (AvgIpc) is 2.52. The zero-order chi connectivity index (χ0) is 15.7. The molecule has 0 saturated heterocycles. The summed E-state index contributed by atoms with van der Waals surface area (Å²) < 4.78 is 21.3. The van der Waals surface area contributed by atoms with Crippen LogP contribution >= 0.6 is 0 Å². The summed E-state index contributed by atoms with van der Waals surface area (Å²) in [7, 11) is 3.23. The summed E-state index contributed by atoms with van der Waals surface area (Å²) in [5.41, 5.74) is 1.54. The first-order valence-electron chi connectivity index (χ1n) is 7.17. The van der Waals surface area contributed by atoms with E-state index < -0.39 is 6.29 Å². The van der Waals surface area contributed by atoms with Crippen LogP contribution in [-0.2, 0) is 15.9 Å². The average molecular weight is 295 g/mol. The lowest BCUT2D eigenvalue weighted by Gasteiger charge is -2.18. The predicted molar refractivity (Wildman–Crippen MR) is 82.6 cm³/mol. The molecule has 0 unspecified atom stereocenters. The highest BCUT2D eigenvalue weighted by Crippen LogP contribution is 2.28. The van der Waals surface area contributed by atoms with Gasteiger partial charge in [0.25, 0.3) is 0 Å². The van der Waals surface area contributed by atoms with Gasteiger partial charge in [-0.1, -0.05) is 6.07 Å². The van der Waals surface area contributed by atoms with E-state index in [1.54, 1.807) is 14.2 Å². The minimum absolute atomic E-state index is 0.452. The van der Waals surface area contributed by atoms with Crippen molar-refractivity contribution in [3.8, 4) is 11.5 Å². The number of ether oxygens (including phenoxy) is 4. The predicted octanol–water partition coefficient (Wildman–Crippen LogP) is 3.06. The van der Waals surface area contributed by atoms with E-state index in [4.69, 9.17) is 24.4 Å². The standard InChI is InChI=1S/C16H25NO4/c1-5-20-16(21-6-2)13(17)9-7-12-8-10-14(18-3)15(11-12)19-4/h8,10-11,16-17H,5-7,9H2,1-4H3. The fourth-order valence-electron chi connectivity index (χ4n) is 1.99. The van der Waals surface area contributed by atoms with Crippen molar-refractivity contribution in [1.29, 1.82) is 5.41 Å². The molecule has 0 radical (unpaired) electrons. The van der Waals surface area contributed by atoms with Gasteiger partial charge in [0, 0.05) is 13.2 Å². The number of methoxy groups -OCH3 is 2. The molecule has 1 aromatic rings. The highest BCUT2D eigenvalue weighted by Gasteiger charge is 2.15. The molecule has 0 bridgehead atoms. The van der Waals surface area contributed by atoms with Gasteiger partial charge in [-0.3, -0.25) is 0 Å². The fraction of sp³-hybridized carbons (Fsp3) is 0.562. The Hall–Kier alpha value is -1.59. The molecule has 0 atom stereocenters.